The van der Waals surface area contributed by atoms with E-state index in [4.69, 9.17) is 4.42 Å². The molecule has 0 aliphatic heterocycles. The fraction of sp³-hybridized carbons (Fsp3) is 0.0526. The molecule has 0 saturated heterocycles. The van der Waals surface area contributed by atoms with Crippen LogP contribution < -0.4 is 0 Å². The molecule has 4 saturated carbocycles. The molecule has 3 aromatic rings. The Balaban J connectivity index is 0.000000325. The van der Waals surface area contributed by atoms with Crippen LogP contribution in [0, 0.1) is 127 Å². The molecular weight excluding hydrogens is 584 g/mol. The Morgan fingerprint density at radius 2 is 0.634 bits per heavy atom. The molecule has 41 heavy (non-hydrogen) atoms. The maximum Gasteiger partial charge on any atom is 2.00 e. The Labute approximate surface area is 272 Å². The van der Waals surface area contributed by atoms with E-state index in [1.165, 1.54) is 23.0 Å². The molecule has 1 heterocycles. The van der Waals surface area contributed by atoms with Crippen LogP contribution in [0.1, 0.15) is 34.5 Å². The van der Waals surface area contributed by atoms with Gasteiger partial charge >= 0.3 is 34.1 Å². The zero-order valence-electron chi connectivity index (χ0n) is 22.6. The van der Waals surface area contributed by atoms with Crippen molar-refractivity contribution in [3.05, 3.63) is 223 Å². The van der Waals surface area contributed by atoms with Gasteiger partial charge in [0.25, 0.3) is 0 Å². The largest absolute Gasteiger partial charge is 2.00 e. The van der Waals surface area contributed by atoms with Crippen molar-refractivity contribution in [3.8, 4) is 0 Å². The van der Waals surface area contributed by atoms with Gasteiger partial charge < -0.3 is 4.42 Å². The Bertz CT molecular complexity index is 943. The van der Waals surface area contributed by atoms with Crippen molar-refractivity contribution in [3.63, 3.8) is 0 Å². The van der Waals surface area contributed by atoms with Gasteiger partial charge in [-0.25, -0.2) is 0 Å². The molecule has 2 aromatic carbocycles. The number of furan rings is 1. The topological polar surface area (TPSA) is 13.1 Å². The van der Waals surface area contributed by atoms with Gasteiger partial charge in [0, 0.05) is 11.8 Å². The van der Waals surface area contributed by atoms with Crippen LogP contribution in [0.3, 0.4) is 0 Å². The Morgan fingerprint density at radius 1 is 0.341 bits per heavy atom. The minimum absolute atomic E-state index is 0. The first kappa shape index (κ1) is 34.3. The molecule has 0 spiro atoms. The minimum atomic E-state index is 0. The summed E-state index contributed by atoms with van der Waals surface area (Å²) in [4.78, 5) is 0. The van der Waals surface area contributed by atoms with Gasteiger partial charge in [0.2, 0.25) is 0 Å². The monoisotopic (exact) mass is 616 g/mol. The number of hydrogen-bond donors (Lipinski definition) is 0. The first-order chi connectivity index (χ1) is 19.4. The van der Waals surface area contributed by atoms with Crippen molar-refractivity contribution >= 4 is 0 Å². The van der Waals surface area contributed by atoms with Crippen molar-refractivity contribution in [2.45, 2.75) is 11.8 Å². The number of rotatable bonds is 6. The minimum Gasteiger partial charge on any atom is -0.465 e. The van der Waals surface area contributed by atoms with Crippen LogP contribution >= 0.6 is 0 Å². The van der Waals surface area contributed by atoms with Crippen LogP contribution in [0.2, 0.25) is 0 Å². The fourth-order valence-electron chi connectivity index (χ4n) is 4.82. The molecule has 4 fully saturated rings. The standard InChI is InChI=1S/C28H22O.2C5H5.2Fe/c1-3-11-21(12-4-1)27(23-15-7-8-16-23)25-19-20-26(29-25)28(24-17-9-10-18-24)22-13-5-2-6-14-22;2*1-2-4-5-3-1;;/h1-20,27-28H;2*1-5H;;/q;;;2*+2. The molecule has 1 aromatic heterocycles. The Kier molecular flexibility index (Phi) is 16.0. The predicted octanol–water partition coefficient (Wildman–Crippen LogP) is 8.39. The Morgan fingerprint density at radius 3 is 0.927 bits per heavy atom. The van der Waals surface area contributed by atoms with E-state index >= 15 is 0 Å². The molecule has 0 amide bonds. The van der Waals surface area contributed by atoms with E-state index in [9.17, 15) is 0 Å². The molecule has 7 rings (SSSR count). The molecule has 0 bridgehead atoms. The van der Waals surface area contributed by atoms with Crippen molar-refractivity contribution in [2.24, 2.45) is 0 Å². The summed E-state index contributed by atoms with van der Waals surface area (Å²) in [6.45, 7) is 0. The molecule has 1 nitrogen and oxygen atoms in total. The van der Waals surface area contributed by atoms with Crippen LogP contribution in [0.15, 0.2) is 77.2 Å². The SMILES string of the molecule is [CH]1[CH][CH][CH][CH]1.[CH]1[CH][CH][CH][CH]1.[CH]1[CH][CH][C](C(c2ccccc2)c2ccc(C([C]3[CH][CH][CH][CH]3)c3ccccc3)o2)[CH]1.[Fe+2].[Fe+2]. The summed E-state index contributed by atoms with van der Waals surface area (Å²) < 4.78 is 6.56. The quantitative estimate of drug-likeness (QED) is 0.254. The predicted molar refractivity (Wildman–Crippen MR) is 159 cm³/mol. The molecule has 3 heteroatoms. The maximum absolute atomic E-state index is 6.56. The van der Waals surface area contributed by atoms with Gasteiger partial charge in [-0.15, -0.1) is 0 Å². The molecule has 4 aliphatic carbocycles. The van der Waals surface area contributed by atoms with Gasteiger partial charge in [0.15, 0.2) is 0 Å². The first-order valence-corrected chi connectivity index (χ1v) is 13.4. The summed E-state index contributed by atoms with van der Waals surface area (Å²) >= 11 is 0. The molecule has 4 aliphatic rings. The molecule has 2 unspecified atom stereocenters. The number of benzene rings is 2. The van der Waals surface area contributed by atoms with Crippen LogP contribution in [0.5, 0.6) is 0 Å². The summed E-state index contributed by atoms with van der Waals surface area (Å²) in [5.41, 5.74) is 2.48. The zero-order valence-corrected chi connectivity index (χ0v) is 24.8. The van der Waals surface area contributed by atoms with Crippen LogP contribution in [-0.2, 0) is 34.1 Å². The molecular formula is C38H32Fe2O+4. The van der Waals surface area contributed by atoms with E-state index < -0.39 is 0 Å². The second-order valence-corrected chi connectivity index (χ2v) is 9.29. The van der Waals surface area contributed by atoms with Gasteiger partial charge in [-0.3, -0.25) is 0 Å². The number of hydrogen-bond acceptors (Lipinski definition) is 1. The normalized spacial score (nSPS) is 20.1. The van der Waals surface area contributed by atoms with Gasteiger partial charge in [0.1, 0.15) is 11.5 Å². The van der Waals surface area contributed by atoms with E-state index in [2.05, 4.69) is 124 Å². The summed E-state index contributed by atoms with van der Waals surface area (Å²) in [6, 6.07) is 25.4. The third-order valence-corrected chi connectivity index (χ3v) is 6.64. The van der Waals surface area contributed by atoms with Crippen molar-refractivity contribution in [2.75, 3.05) is 0 Å². The van der Waals surface area contributed by atoms with E-state index in [1.807, 2.05) is 64.2 Å². The Hall–Kier alpha value is -1.24. The van der Waals surface area contributed by atoms with Gasteiger partial charge in [-0.05, 0) is 151 Å². The summed E-state index contributed by atoms with van der Waals surface area (Å²) in [5, 5.41) is 0. The molecule has 0 N–H and O–H groups in total. The first-order valence-electron chi connectivity index (χ1n) is 13.4. The zero-order chi connectivity index (χ0) is 26.5. The van der Waals surface area contributed by atoms with Crippen LogP contribution in [0.4, 0.5) is 0 Å². The second-order valence-electron chi connectivity index (χ2n) is 9.29. The second kappa shape index (κ2) is 19.1. The summed E-state index contributed by atoms with van der Waals surface area (Å²) in [6.07, 6.45) is 37.0. The van der Waals surface area contributed by atoms with Crippen molar-refractivity contribution < 1.29 is 38.6 Å². The fourth-order valence-corrected chi connectivity index (χ4v) is 4.82. The summed E-state index contributed by atoms with van der Waals surface area (Å²) in [5.74, 6) is 4.64. The smallest absolute Gasteiger partial charge is 0.465 e. The summed E-state index contributed by atoms with van der Waals surface area (Å²) in [7, 11) is 0. The van der Waals surface area contributed by atoms with Gasteiger partial charge in [-0.2, -0.15) is 0 Å². The van der Waals surface area contributed by atoms with Crippen molar-refractivity contribution in [1.29, 1.82) is 0 Å². The van der Waals surface area contributed by atoms with Gasteiger partial charge in [0.05, 0.1) is 0 Å². The van der Waals surface area contributed by atoms with Gasteiger partial charge in [-0.1, -0.05) is 60.7 Å². The molecule has 202 valence electrons. The molecule has 20 radical (unpaired) electrons. The van der Waals surface area contributed by atoms with E-state index in [1.54, 1.807) is 0 Å². The average molecular weight is 616 g/mol. The van der Waals surface area contributed by atoms with Crippen molar-refractivity contribution in [1.82, 2.24) is 0 Å². The molecule has 2 atom stereocenters. The van der Waals surface area contributed by atoms with E-state index in [0.29, 0.717) is 0 Å². The van der Waals surface area contributed by atoms with Crippen LogP contribution in [0.25, 0.3) is 0 Å². The third-order valence-electron chi connectivity index (χ3n) is 6.64. The third kappa shape index (κ3) is 10.2. The van der Waals surface area contributed by atoms with E-state index in [-0.39, 0.29) is 46.0 Å². The van der Waals surface area contributed by atoms with E-state index in [0.717, 1.165) is 11.5 Å². The average Bonchev–Trinajstić information content (AvgIpc) is 3.84. The van der Waals surface area contributed by atoms with Crippen LogP contribution in [-0.4, -0.2) is 0 Å². The maximum atomic E-state index is 6.56.